The Labute approximate surface area is 164 Å². The highest BCUT2D eigenvalue weighted by Crippen LogP contribution is 2.48. The predicted octanol–water partition coefficient (Wildman–Crippen LogP) is 2.20. The Hall–Kier alpha value is -1.16. The van der Waals surface area contributed by atoms with Gasteiger partial charge in [0.25, 0.3) is 0 Å². The smallest absolute Gasteiger partial charge is 0.318 e. The summed E-state index contributed by atoms with van der Waals surface area (Å²) in [5.74, 6) is 0. The van der Waals surface area contributed by atoms with Gasteiger partial charge in [-0.2, -0.15) is 0 Å². The molecule has 2 aliphatic carbocycles. The summed E-state index contributed by atoms with van der Waals surface area (Å²) >= 11 is 0. The number of urea groups is 1. The number of amides is 2. The van der Waals surface area contributed by atoms with Gasteiger partial charge < -0.3 is 15.3 Å². The van der Waals surface area contributed by atoms with Gasteiger partial charge in [0.05, 0.1) is 17.7 Å². The first kappa shape index (κ1) is 19.2. The van der Waals surface area contributed by atoms with Crippen molar-refractivity contribution in [1.82, 2.24) is 15.1 Å². The van der Waals surface area contributed by atoms with E-state index >= 15 is 0 Å². The number of nitrogens with zero attached hydrogens (tertiary/aromatic N) is 2. The molecule has 0 radical (unpaired) electrons. The lowest BCUT2D eigenvalue weighted by molar-refractivity contribution is -0.0725. The van der Waals surface area contributed by atoms with Crippen molar-refractivity contribution < 1.29 is 9.90 Å². The second-order valence-electron chi connectivity index (χ2n) is 9.10. The quantitative estimate of drug-likeness (QED) is 0.777. The van der Waals surface area contributed by atoms with Gasteiger partial charge in [-0.1, -0.05) is 18.2 Å². The summed E-state index contributed by atoms with van der Waals surface area (Å²) in [6.45, 7) is 1.18. The standard InChI is InChI=1S/C21H32N3O2P/c1-23(2)21(16-5-3-6-17(27)13-16)11-9-19(10-12-21)14-22-18(25)24(19)15-20(26)7-4-8-20/h3,5-6,13,26H,4,7-12,14-15,27H2,1-2H3,(H,22,25). The van der Waals surface area contributed by atoms with Crippen LogP contribution in [0.5, 0.6) is 0 Å². The van der Waals surface area contributed by atoms with Gasteiger partial charge in [-0.3, -0.25) is 4.90 Å². The summed E-state index contributed by atoms with van der Waals surface area (Å²) in [6.07, 6.45) is 6.64. The molecule has 27 heavy (non-hydrogen) atoms. The fourth-order valence-corrected chi connectivity index (χ4v) is 5.61. The molecule has 1 spiro atoms. The Balaban J connectivity index is 1.58. The molecule has 0 aromatic heterocycles. The van der Waals surface area contributed by atoms with Crippen molar-refractivity contribution in [2.45, 2.75) is 61.6 Å². The molecule has 2 N–H and O–H groups in total. The van der Waals surface area contributed by atoms with E-state index < -0.39 is 5.60 Å². The molecule has 2 amide bonds. The van der Waals surface area contributed by atoms with E-state index in [2.05, 4.69) is 57.8 Å². The number of β-amino-alcohol motifs (C(OH)–C–C–N with tert-alkyl or cyclic N) is 1. The van der Waals surface area contributed by atoms with Gasteiger partial charge in [-0.15, -0.1) is 9.24 Å². The second kappa shape index (κ2) is 6.72. The van der Waals surface area contributed by atoms with Crippen molar-refractivity contribution in [3.63, 3.8) is 0 Å². The second-order valence-corrected chi connectivity index (χ2v) is 9.77. The number of hydrogen-bond donors (Lipinski definition) is 2. The topological polar surface area (TPSA) is 55.8 Å². The maximum Gasteiger partial charge on any atom is 0.318 e. The lowest BCUT2D eigenvalue weighted by Crippen LogP contribution is -2.59. The van der Waals surface area contributed by atoms with Gasteiger partial charge in [0.2, 0.25) is 0 Å². The van der Waals surface area contributed by atoms with Crippen LogP contribution in [0.1, 0.15) is 50.5 Å². The van der Waals surface area contributed by atoms with Gasteiger partial charge in [-0.05, 0) is 76.0 Å². The monoisotopic (exact) mass is 389 g/mol. The zero-order chi connectivity index (χ0) is 19.3. The normalized spacial score (nSPS) is 32.6. The van der Waals surface area contributed by atoms with E-state index in [1.807, 2.05) is 4.90 Å². The predicted molar refractivity (Wildman–Crippen MR) is 111 cm³/mol. The number of hydrogen-bond acceptors (Lipinski definition) is 3. The average Bonchev–Trinajstić information content (AvgIpc) is 2.91. The van der Waals surface area contributed by atoms with Gasteiger partial charge in [0.15, 0.2) is 0 Å². The summed E-state index contributed by atoms with van der Waals surface area (Å²) in [6, 6.07) is 8.75. The first-order valence-electron chi connectivity index (χ1n) is 10.1. The Kier molecular flexibility index (Phi) is 4.77. The molecule has 5 nitrogen and oxygen atoms in total. The van der Waals surface area contributed by atoms with Gasteiger partial charge in [0, 0.05) is 12.1 Å². The molecule has 1 unspecified atom stereocenters. The average molecular weight is 389 g/mol. The van der Waals surface area contributed by atoms with Crippen LogP contribution in [0.3, 0.4) is 0 Å². The molecule has 1 heterocycles. The third kappa shape index (κ3) is 3.18. The molecule has 1 aromatic carbocycles. The Morgan fingerprint density at radius 3 is 2.44 bits per heavy atom. The molecule has 1 aliphatic heterocycles. The highest BCUT2D eigenvalue weighted by atomic mass is 31.0. The molecule has 148 valence electrons. The summed E-state index contributed by atoms with van der Waals surface area (Å²) < 4.78 is 0. The number of benzene rings is 1. The fourth-order valence-electron chi connectivity index (χ4n) is 5.32. The minimum absolute atomic E-state index is 0.000339. The first-order chi connectivity index (χ1) is 12.8. The van der Waals surface area contributed by atoms with Gasteiger partial charge >= 0.3 is 6.03 Å². The maximum atomic E-state index is 12.6. The van der Waals surface area contributed by atoms with E-state index in [9.17, 15) is 9.90 Å². The highest BCUT2D eigenvalue weighted by molar-refractivity contribution is 7.27. The lowest BCUT2D eigenvalue weighted by atomic mass is 9.68. The minimum atomic E-state index is -0.668. The van der Waals surface area contributed by atoms with Crippen LogP contribution in [0.25, 0.3) is 0 Å². The van der Waals surface area contributed by atoms with E-state index in [1.165, 1.54) is 10.9 Å². The van der Waals surface area contributed by atoms with E-state index in [0.29, 0.717) is 13.1 Å². The van der Waals surface area contributed by atoms with Crippen LogP contribution in [0.2, 0.25) is 0 Å². The molecule has 1 saturated heterocycles. The largest absolute Gasteiger partial charge is 0.388 e. The van der Waals surface area contributed by atoms with E-state index in [0.717, 1.165) is 44.9 Å². The van der Waals surface area contributed by atoms with Crippen molar-refractivity contribution in [3.05, 3.63) is 29.8 Å². The number of nitrogens with one attached hydrogen (secondary N) is 1. The minimum Gasteiger partial charge on any atom is -0.388 e. The zero-order valence-electron chi connectivity index (χ0n) is 16.5. The highest BCUT2D eigenvalue weighted by Gasteiger charge is 2.54. The molecule has 0 bridgehead atoms. The number of rotatable bonds is 4. The number of aliphatic hydroxyl groups is 1. The molecule has 6 heteroatoms. The van der Waals surface area contributed by atoms with Crippen LogP contribution in [-0.4, -0.2) is 59.3 Å². The number of carbonyl (C=O) groups excluding carboxylic acids is 1. The molecule has 2 saturated carbocycles. The molecule has 4 rings (SSSR count). The van der Waals surface area contributed by atoms with E-state index in [-0.39, 0.29) is 17.1 Å². The zero-order valence-corrected chi connectivity index (χ0v) is 17.7. The number of carbonyl (C=O) groups is 1. The van der Waals surface area contributed by atoms with Crippen LogP contribution in [0, 0.1) is 0 Å². The van der Waals surface area contributed by atoms with Crippen LogP contribution >= 0.6 is 9.24 Å². The Morgan fingerprint density at radius 1 is 1.19 bits per heavy atom. The molecular formula is C21H32N3O2P. The van der Waals surface area contributed by atoms with Crippen LogP contribution in [0.15, 0.2) is 24.3 Å². The molecular weight excluding hydrogens is 357 g/mol. The van der Waals surface area contributed by atoms with E-state index in [4.69, 9.17) is 0 Å². The molecule has 3 fully saturated rings. The molecule has 1 atom stereocenters. The van der Waals surface area contributed by atoms with Crippen molar-refractivity contribution in [3.8, 4) is 0 Å². The summed E-state index contributed by atoms with van der Waals surface area (Å²) in [7, 11) is 7.14. The fraction of sp³-hybridized carbons (Fsp3) is 0.667. The maximum absolute atomic E-state index is 12.6. The molecule has 3 aliphatic rings. The van der Waals surface area contributed by atoms with Crippen LogP contribution < -0.4 is 10.6 Å². The van der Waals surface area contributed by atoms with Crippen molar-refractivity contribution in [1.29, 1.82) is 0 Å². The Morgan fingerprint density at radius 2 is 1.89 bits per heavy atom. The Bertz CT molecular complexity index is 724. The van der Waals surface area contributed by atoms with Crippen molar-refractivity contribution in [2.75, 3.05) is 27.2 Å². The van der Waals surface area contributed by atoms with Crippen LogP contribution in [0.4, 0.5) is 4.79 Å². The van der Waals surface area contributed by atoms with E-state index in [1.54, 1.807) is 0 Å². The van der Waals surface area contributed by atoms with Gasteiger partial charge in [0.1, 0.15) is 0 Å². The van der Waals surface area contributed by atoms with Crippen molar-refractivity contribution in [2.24, 2.45) is 0 Å². The van der Waals surface area contributed by atoms with Gasteiger partial charge in [-0.25, -0.2) is 4.79 Å². The molecule has 1 aromatic rings. The third-order valence-corrected chi connectivity index (χ3v) is 7.77. The first-order valence-corrected chi connectivity index (χ1v) is 10.7. The summed E-state index contributed by atoms with van der Waals surface area (Å²) in [5.41, 5.74) is 0.540. The summed E-state index contributed by atoms with van der Waals surface area (Å²) in [4.78, 5) is 16.9. The summed E-state index contributed by atoms with van der Waals surface area (Å²) in [5, 5.41) is 14.9. The SMILES string of the molecule is CN(C)C1(c2cccc(P)c2)CCC2(CC1)CNC(=O)N2CC1(O)CCC1. The lowest BCUT2D eigenvalue weighted by Gasteiger charge is -2.52. The van der Waals surface area contributed by atoms with Crippen LogP contribution in [-0.2, 0) is 5.54 Å². The van der Waals surface area contributed by atoms with Crippen molar-refractivity contribution >= 4 is 20.6 Å². The third-order valence-electron chi connectivity index (χ3n) is 7.41.